The number of carbonyl (C=O) groups excluding carboxylic acids is 1. The van der Waals surface area contributed by atoms with Gasteiger partial charge in [0.2, 0.25) is 5.91 Å². The van der Waals surface area contributed by atoms with Crippen LogP contribution in [0.1, 0.15) is 24.1 Å². The molecule has 1 fully saturated rings. The van der Waals surface area contributed by atoms with Crippen molar-refractivity contribution in [1.29, 1.82) is 0 Å². The molecule has 0 saturated carbocycles. The molecule has 0 N–H and O–H groups in total. The number of rotatable bonds is 6. The van der Waals surface area contributed by atoms with Crippen LogP contribution in [0.5, 0.6) is 11.5 Å². The number of hydrogen-bond acceptors (Lipinski definition) is 4. The molecule has 1 amide bonds. The first-order valence-corrected chi connectivity index (χ1v) is 11.0. The molecule has 4 rings (SSSR count). The van der Waals surface area contributed by atoms with Crippen molar-refractivity contribution in [3.8, 4) is 22.6 Å². The van der Waals surface area contributed by atoms with Crippen molar-refractivity contribution >= 4 is 5.91 Å². The second-order valence-electron chi connectivity index (χ2n) is 8.08. The van der Waals surface area contributed by atoms with Crippen molar-refractivity contribution < 1.29 is 14.3 Å². The van der Waals surface area contributed by atoms with E-state index in [-0.39, 0.29) is 11.9 Å². The molecular weight excluding hydrogens is 400 g/mol. The Bertz CT molecular complexity index is 1060. The third kappa shape index (κ3) is 4.63. The molecule has 1 aliphatic rings. The summed E-state index contributed by atoms with van der Waals surface area (Å²) >= 11 is 0. The second-order valence-corrected chi connectivity index (χ2v) is 8.08. The van der Waals surface area contributed by atoms with Crippen LogP contribution in [0.25, 0.3) is 11.1 Å². The molecule has 166 valence electrons. The number of benzene rings is 3. The average Bonchev–Trinajstić information content (AvgIpc) is 2.84. The zero-order chi connectivity index (χ0) is 22.5. The number of methoxy groups -OCH3 is 2. The third-order valence-corrected chi connectivity index (χ3v) is 6.23. The third-order valence-electron chi connectivity index (χ3n) is 6.23. The largest absolute Gasteiger partial charge is 0.497 e. The van der Waals surface area contributed by atoms with Gasteiger partial charge >= 0.3 is 0 Å². The quantitative estimate of drug-likeness (QED) is 0.565. The maximum atomic E-state index is 12.1. The van der Waals surface area contributed by atoms with Crippen molar-refractivity contribution in [1.82, 2.24) is 9.80 Å². The Labute approximate surface area is 190 Å². The van der Waals surface area contributed by atoms with Gasteiger partial charge in [-0.05, 0) is 34.9 Å². The molecule has 3 aromatic rings. The number of piperazine rings is 1. The van der Waals surface area contributed by atoms with Gasteiger partial charge in [-0.1, -0.05) is 54.6 Å². The predicted octanol–water partition coefficient (Wildman–Crippen LogP) is 4.78. The van der Waals surface area contributed by atoms with E-state index in [0.717, 1.165) is 36.7 Å². The number of ether oxygens (including phenoxy) is 2. The van der Waals surface area contributed by atoms with E-state index in [1.165, 1.54) is 16.7 Å². The number of amides is 1. The van der Waals surface area contributed by atoms with Crippen LogP contribution in [0.15, 0.2) is 72.8 Å². The van der Waals surface area contributed by atoms with E-state index in [4.69, 9.17) is 9.47 Å². The fraction of sp³-hybridized carbons (Fsp3) is 0.296. The minimum atomic E-state index is 0.115. The Hall–Kier alpha value is -3.31. The smallest absolute Gasteiger partial charge is 0.219 e. The molecule has 1 atom stereocenters. The number of nitrogens with zero attached hydrogens (tertiary/aromatic N) is 2. The summed E-state index contributed by atoms with van der Waals surface area (Å²) in [5.41, 5.74) is 4.69. The first kappa shape index (κ1) is 21.9. The molecule has 0 bridgehead atoms. The standard InChI is InChI=1S/C27H30N2O3/c1-20(30)28-16-17-29(26(19-28)21-12-14-23(31-2)15-13-21)18-22-8-4-5-9-24(22)25-10-6-7-11-27(25)32-3/h4-15,26H,16-19H2,1-3H3. The normalized spacial score (nSPS) is 16.6. The molecule has 5 heteroatoms. The fourth-order valence-electron chi connectivity index (χ4n) is 4.44. The average molecular weight is 431 g/mol. The first-order chi connectivity index (χ1) is 15.6. The zero-order valence-corrected chi connectivity index (χ0v) is 19.0. The summed E-state index contributed by atoms with van der Waals surface area (Å²) in [7, 11) is 3.39. The first-order valence-electron chi connectivity index (χ1n) is 11.0. The van der Waals surface area contributed by atoms with Crippen LogP contribution in [-0.4, -0.2) is 49.6 Å². The summed E-state index contributed by atoms with van der Waals surface area (Å²) in [6, 6.07) is 24.9. The van der Waals surface area contributed by atoms with Crippen LogP contribution in [0.2, 0.25) is 0 Å². The van der Waals surface area contributed by atoms with E-state index in [1.807, 2.05) is 35.2 Å². The Kier molecular flexibility index (Phi) is 6.76. The number of carbonyl (C=O) groups is 1. The van der Waals surface area contributed by atoms with Gasteiger partial charge in [0.15, 0.2) is 0 Å². The Morgan fingerprint density at radius 2 is 1.56 bits per heavy atom. The van der Waals surface area contributed by atoms with E-state index in [1.54, 1.807) is 21.1 Å². The van der Waals surface area contributed by atoms with Crippen LogP contribution < -0.4 is 9.47 Å². The highest BCUT2D eigenvalue weighted by Gasteiger charge is 2.30. The van der Waals surface area contributed by atoms with Gasteiger partial charge in [-0.2, -0.15) is 0 Å². The summed E-state index contributed by atoms with van der Waals surface area (Å²) in [6.07, 6.45) is 0. The van der Waals surface area contributed by atoms with Gasteiger partial charge < -0.3 is 14.4 Å². The highest BCUT2D eigenvalue weighted by Crippen LogP contribution is 2.35. The molecule has 32 heavy (non-hydrogen) atoms. The molecule has 5 nitrogen and oxygen atoms in total. The Morgan fingerprint density at radius 3 is 2.25 bits per heavy atom. The topological polar surface area (TPSA) is 42.0 Å². The van der Waals surface area contributed by atoms with Crippen molar-refractivity contribution in [2.24, 2.45) is 0 Å². The van der Waals surface area contributed by atoms with Crippen molar-refractivity contribution in [2.45, 2.75) is 19.5 Å². The van der Waals surface area contributed by atoms with E-state index in [2.05, 4.69) is 47.4 Å². The molecule has 1 saturated heterocycles. The van der Waals surface area contributed by atoms with Gasteiger partial charge in [-0.3, -0.25) is 9.69 Å². The summed E-state index contributed by atoms with van der Waals surface area (Å²) in [4.78, 5) is 16.5. The SMILES string of the molecule is COc1ccc(C2CN(C(C)=O)CCN2Cc2ccccc2-c2ccccc2OC)cc1. The van der Waals surface area contributed by atoms with Crippen LogP contribution in [0, 0.1) is 0 Å². The highest BCUT2D eigenvalue weighted by atomic mass is 16.5. The Morgan fingerprint density at radius 1 is 0.875 bits per heavy atom. The van der Waals surface area contributed by atoms with Crippen LogP contribution in [0.3, 0.4) is 0 Å². The van der Waals surface area contributed by atoms with Gasteiger partial charge in [-0.15, -0.1) is 0 Å². The molecule has 0 aliphatic carbocycles. The summed E-state index contributed by atoms with van der Waals surface area (Å²) in [5.74, 6) is 1.83. The lowest BCUT2D eigenvalue weighted by Gasteiger charge is -2.41. The van der Waals surface area contributed by atoms with Crippen molar-refractivity contribution in [3.05, 3.63) is 83.9 Å². The van der Waals surface area contributed by atoms with Gasteiger partial charge in [-0.25, -0.2) is 0 Å². The van der Waals surface area contributed by atoms with Gasteiger partial charge in [0, 0.05) is 38.7 Å². The molecular formula is C27H30N2O3. The second kappa shape index (κ2) is 9.88. The minimum absolute atomic E-state index is 0.115. The highest BCUT2D eigenvalue weighted by molar-refractivity contribution is 5.74. The summed E-state index contributed by atoms with van der Waals surface area (Å²) in [6.45, 7) is 4.67. The lowest BCUT2D eigenvalue weighted by Crippen LogP contribution is -2.49. The number of para-hydroxylation sites is 1. The van der Waals surface area contributed by atoms with Crippen molar-refractivity contribution in [3.63, 3.8) is 0 Å². The van der Waals surface area contributed by atoms with E-state index in [0.29, 0.717) is 6.54 Å². The van der Waals surface area contributed by atoms with Crippen LogP contribution in [0.4, 0.5) is 0 Å². The number of hydrogen-bond donors (Lipinski definition) is 0. The van der Waals surface area contributed by atoms with Gasteiger partial charge in [0.25, 0.3) is 0 Å². The predicted molar refractivity (Wildman–Crippen MR) is 127 cm³/mol. The zero-order valence-electron chi connectivity index (χ0n) is 19.0. The maximum absolute atomic E-state index is 12.1. The maximum Gasteiger partial charge on any atom is 0.219 e. The van der Waals surface area contributed by atoms with Gasteiger partial charge in [0.05, 0.1) is 20.3 Å². The van der Waals surface area contributed by atoms with Crippen LogP contribution >= 0.6 is 0 Å². The molecule has 0 aromatic heterocycles. The molecule has 0 spiro atoms. The monoisotopic (exact) mass is 430 g/mol. The molecule has 0 radical (unpaired) electrons. The minimum Gasteiger partial charge on any atom is -0.497 e. The van der Waals surface area contributed by atoms with Crippen molar-refractivity contribution in [2.75, 3.05) is 33.9 Å². The van der Waals surface area contributed by atoms with Gasteiger partial charge in [0.1, 0.15) is 11.5 Å². The van der Waals surface area contributed by atoms with E-state index >= 15 is 0 Å². The molecule has 3 aromatic carbocycles. The van der Waals surface area contributed by atoms with Crippen LogP contribution in [-0.2, 0) is 11.3 Å². The fourth-order valence-corrected chi connectivity index (χ4v) is 4.44. The lowest BCUT2D eigenvalue weighted by atomic mass is 9.96. The molecule has 1 aliphatic heterocycles. The van der Waals surface area contributed by atoms with E-state index < -0.39 is 0 Å². The van der Waals surface area contributed by atoms with E-state index in [9.17, 15) is 4.79 Å². The lowest BCUT2D eigenvalue weighted by molar-refractivity contribution is -0.132. The molecule has 1 heterocycles. The summed E-state index contributed by atoms with van der Waals surface area (Å²) < 4.78 is 11.0. The summed E-state index contributed by atoms with van der Waals surface area (Å²) in [5, 5.41) is 0. The molecule has 1 unspecified atom stereocenters. The Balaban J connectivity index is 1.67.